The molecule has 0 bridgehead atoms. The molecule has 0 aliphatic carbocycles. The highest BCUT2D eigenvalue weighted by molar-refractivity contribution is 6.33. The highest BCUT2D eigenvalue weighted by Gasteiger charge is 2.23. The Morgan fingerprint density at radius 2 is 0.727 bits per heavy atom. The van der Waals surface area contributed by atoms with Crippen LogP contribution in [0.2, 0.25) is 15.1 Å². The minimum Gasteiger partial charge on any atom is -0.0840 e. The fourth-order valence-corrected chi connectivity index (χ4v) is 3.36. The van der Waals surface area contributed by atoms with E-state index in [0.29, 0.717) is 15.1 Å². The second kappa shape index (κ2) is 6.75. The lowest BCUT2D eigenvalue weighted by Crippen LogP contribution is -2.05. The number of hydrogen-bond donors (Lipinski definition) is 0. The fourth-order valence-electron chi connectivity index (χ4n) is 2.63. The molecule has 0 saturated carbocycles. The average molecular weight is 348 g/mol. The monoisotopic (exact) mass is 346 g/mol. The summed E-state index contributed by atoms with van der Waals surface area (Å²) in [7, 11) is 0. The van der Waals surface area contributed by atoms with Gasteiger partial charge in [-0.05, 0) is 34.9 Å². The predicted molar refractivity (Wildman–Crippen MR) is 95.3 cm³/mol. The van der Waals surface area contributed by atoms with Crippen molar-refractivity contribution in [3.05, 3.63) is 105 Å². The first-order valence-corrected chi connectivity index (χ1v) is 8.05. The molecule has 0 heterocycles. The summed E-state index contributed by atoms with van der Waals surface area (Å²) in [6.45, 7) is 0. The molecule has 0 amide bonds. The van der Waals surface area contributed by atoms with Crippen LogP contribution in [-0.2, 0) is 0 Å². The smallest absolute Gasteiger partial charge is 0.0447 e. The first kappa shape index (κ1) is 15.4. The highest BCUT2D eigenvalue weighted by Crippen LogP contribution is 2.41. The summed E-state index contributed by atoms with van der Waals surface area (Å²) in [5.41, 5.74) is 2.97. The average Bonchev–Trinajstić information content (AvgIpc) is 2.53. The third-order valence-corrected chi connectivity index (χ3v) is 4.68. The summed E-state index contributed by atoms with van der Waals surface area (Å²) in [5.74, 6) is -0.101. The summed E-state index contributed by atoms with van der Waals surface area (Å²) < 4.78 is 0. The lowest BCUT2D eigenvalue weighted by molar-refractivity contribution is 0.978. The number of rotatable bonds is 3. The Hall–Kier alpha value is -1.47. The Kier molecular flexibility index (Phi) is 4.73. The van der Waals surface area contributed by atoms with Crippen molar-refractivity contribution >= 4 is 34.8 Å². The first-order valence-electron chi connectivity index (χ1n) is 6.92. The van der Waals surface area contributed by atoms with Crippen molar-refractivity contribution in [1.82, 2.24) is 0 Å². The van der Waals surface area contributed by atoms with E-state index in [1.165, 1.54) is 0 Å². The topological polar surface area (TPSA) is 0 Å². The molecule has 0 atom stereocenters. The van der Waals surface area contributed by atoms with E-state index < -0.39 is 0 Å². The minimum absolute atomic E-state index is 0.101. The number of benzene rings is 3. The zero-order valence-electron chi connectivity index (χ0n) is 11.6. The molecule has 22 heavy (non-hydrogen) atoms. The molecule has 0 N–H and O–H groups in total. The van der Waals surface area contributed by atoms with Crippen LogP contribution in [0.3, 0.4) is 0 Å². The van der Waals surface area contributed by atoms with Crippen LogP contribution in [0.4, 0.5) is 0 Å². The zero-order valence-corrected chi connectivity index (χ0v) is 13.9. The molecule has 0 fully saturated rings. The highest BCUT2D eigenvalue weighted by atomic mass is 35.5. The lowest BCUT2D eigenvalue weighted by atomic mass is 9.85. The van der Waals surface area contributed by atoms with Gasteiger partial charge in [-0.15, -0.1) is 0 Å². The van der Waals surface area contributed by atoms with E-state index in [-0.39, 0.29) is 5.92 Å². The van der Waals surface area contributed by atoms with E-state index >= 15 is 0 Å². The maximum absolute atomic E-state index is 6.44. The quantitative estimate of drug-likeness (QED) is 0.456. The molecule has 3 rings (SSSR count). The Morgan fingerprint density at radius 1 is 0.455 bits per heavy atom. The van der Waals surface area contributed by atoms with E-state index in [4.69, 9.17) is 34.8 Å². The normalized spacial score (nSPS) is 10.9. The van der Waals surface area contributed by atoms with Crippen LogP contribution in [0.25, 0.3) is 0 Å². The molecule has 0 spiro atoms. The van der Waals surface area contributed by atoms with Crippen molar-refractivity contribution in [3.63, 3.8) is 0 Å². The first-order chi connectivity index (χ1) is 10.7. The van der Waals surface area contributed by atoms with Gasteiger partial charge in [0.2, 0.25) is 0 Å². The van der Waals surface area contributed by atoms with Gasteiger partial charge in [0.05, 0.1) is 0 Å². The standard InChI is InChI=1S/C19H13Cl3/c20-16-10-4-1-7-13(16)19(14-8-2-5-11-17(14)21)15-9-3-6-12-18(15)22/h1-12,19H. The molecule has 3 aromatic carbocycles. The van der Waals surface area contributed by atoms with Crippen molar-refractivity contribution in [3.8, 4) is 0 Å². The Labute approximate surface area is 145 Å². The van der Waals surface area contributed by atoms with Crippen molar-refractivity contribution in [2.45, 2.75) is 5.92 Å². The SMILES string of the molecule is Clc1ccccc1C(c1ccccc1Cl)c1ccccc1Cl. The summed E-state index contributed by atoms with van der Waals surface area (Å²) in [6, 6.07) is 23.4. The molecule has 3 aromatic rings. The third kappa shape index (κ3) is 3.01. The van der Waals surface area contributed by atoms with Gasteiger partial charge in [-0.3, -0.25) is 0 Å². The number of hydrogen-bond acceptors (Lipinski definition) is 0. The molecule has 0 unspecified atom stereocenters. The van der Waals surface area contributed by atoms with E-state index in [9.17, 15) is 0 Å². The van der Waals surface area contributed by atoms with E-state index in [2.05, 4.69) is 0 Å². The van der Waals surface area contributed by atoms with Gasteiger partial charge >= 0.3 is 0 Å². The summed E-state index contributed by atoms with van der Waals surface area (Å²) in [6.07, 6.45) is 0. The van der Waals surface area contributed by atoms with E-state index in [0.717, 1.165) is 16.7 Å². The maximum Gasteiger partial charge on any atom is 0.0447 e. The molecule has 0 aromatic heterocycles. The Bertz CT molecular complexity index is 688. The van der Waals surface area contributed by atoms with Crippen LogP contribution in [-0.4, -0.2) is 0 Å². The second-order valence-electron chi connectivity index (χ2n) is 5.00. The van der Waals surface area contributed by atoms with Gasteiger partial charge in [0, 0.05) is 21.0 Å². The van der Waals surface area contributed by atoms with Crippen LogP contribution in [0, 0.1) is 0 Å². The van der Waals surface area contributed by atoms with Gasteiger partial charge in [0.15, 0.2) is 0 Å². The van der Waals surface area contributed by atoms with Crippen molar-refractivity contribution in [1.29, 1.82) is 0 Å². The van der Waals surface area contributed by atoms with Gasteiger partial charge in [-0.25, -0.2) is 0 Å². The predicted octanol–water partition coefficient (Wildman–Crippen LogP) is 6.83. The molecule has 0 nitrogen and oxygen atoms in total. The molecule has 110 valence electrons. The van der Waals surface area contributed by atoms with Crippen LogP contribution >= 0.6 is 34.8 Å². The fraction of sp³-hybridized carbons (Fsp3) is 0.0526. The molecular weight excluding hydrogens is 335 g/mol. The summed E-state index contributed by atoms with van der Waals surface area (Å²) >= 11 is 19.3. The van der Waals surface area contributed by atoms with Crippen molar-refractivity contribution in [2.24, 2.45) is 0 Å². The van der Waals surface area contributed by atoms with Crippen LogP contribution in [0.1, 0.15) is 22.6 Å². The summed E-state index contributed by atoms with van der Waals surface area (Å²) in [5, 5.41) is 2.10. The minimum atomic E-state index is -0.101. The summed E-state index contributed by atoms with van der Waals surface area (Å²) in [4.78, 5) is 0. The van der Waals surface area contributed by atoms with Crippen LogP contribution in [0.5, 0.6) is 0 Å². The van der Waals surface area contributed by atoms with Gasteiger partial charge in [-0.2, -0.15) is 0 Å². The molecule has 0 aliphatic heterocycles. The lowest BCUT2D eigenvalue weighted by Gasteiger charge is -2.22. The van der Waals surface area contributed by atoms with Gasteiger partial charge in [0.1, 0.15) is 0 Å². The second-order valence-corrected chi connectivity index (χ2v) is 6.22. The van der Waals surface area contributed by atoms with Crippen LogP contribution < -0.4 is 0 Å². The molecule has 3 heteroatoms. The van der Waals surface area contributed by atoms with Crippen molar-refractivity contribution < 1.29 is 0 Å². The van der Waals surface area contributed by atoms with Gasteiger partial charge in [-0.1, -0.05) is 89.4 Å². The molecule has 0 radical (unpaired) electrons. The molecule has 0 saturated heterocycles. The van der Waals surface area contributed by atoms with E-state index in [1.54, 1.807) is 0 Å². The zero-order chi connectivity index (χ0) is 15.5. The van der Waals surface area contributed by atoms with Gasteiger partial charge in [0.25, 0.3) is 0 Å². The van der Waals surface area contributed by atoms with Crippen molar-refractivity contribution in [2.75, 3.05) is 0 Å². The van der Waals surface area contributed by atoms with Gasteiger partial charge < -0.3 is 0 Å². The number of halogens is 3. The molecular formula is C19H13Cl3. The Morgan fingerprint density at radius 3 is 1.00 bits per heavy atom. The van der Waals surface area contributed by atoms with Crippen LogP contribution in [0.15, 0.2) is 72.8 Å². The largest absolute Gasteiger partial charge is 0.0840 e. The molecule has 0 aliphatic rings. The maximum atomic E-state index is 6.44. The third-order valence-electron chi connectivity index (χ3n) is 3.65. The van der Waals surface area contributed by atoms with E-state index in [1.807, 2.05) is 72.8 Å². The Balaban J connectivity index is 2.27.